The molecule has 8 nitrogen and oxygen atoms in total. The molecule has 2 aromatic rings. The minimum atomic E-state index is -4.54. The number of nitrogens with zero attached hydrogens (tertiary/aromatic N) is 3. The Morgan fingerprint density at radius 2 is 2.00 bits per heavy atom. The number of benzene rings is 1. The van der Waals surface area contributed by atoms with Crippen molar-refractivity contribution in [3.05, 3.63) is 68.2 Å². The summed E-state index contributed by atoms with van der Waals surface area (Å²) >= 11 is 6.08. The van der Waals surface area contributed by atoms with Gasteiger partial charge in [-0.15, -0.1) is 0 Å². The van der Waals surface area contributed by atoms with Crippen molar-refractivity contribution in [2.75, 3.05) is 18.0 Å². The Kier molecular flexibility index (Phi) is 6.58. The second kappa shape index (κ2) is 9.03. The molecule has 2 heterocycles. The van der Waals surface area contributed by atoms with Gasteiger partial charge in [0.1, 0.15) is 10.7 Å². The van der Waals surface area contributed by atoms with Crippen LogP contribution in [0.25, 0.3) is 0 Å². The standard InChI is InChI=1S/C20H20ClF3N6O2/c1-10(11-4-2-3-5-13(11)20(22,23)24)28-14-6-7-30(9-12(14)17(25)18(26)31)15-8-27-29-19(32)16(15)21/h2-5,8,10H,6-7,9,25H2,1H3,(H2,26,31)(H,29,32)/t10-/m0/s1. The van der Waals surface area contributed by atoms with Gasteiger partial charge in [-0.2, -0.15) is 18.3 Å². The molecule has 0 spiro atoms. The first kappa shape index (κ1) is 23.3. The molecule has 12 heteroatoms. The first-order valence-electron chi connectivity index (χ1n) is 9.50. The van der Waals surface area contributed by atoms with Crippen molar-refractivity contribution in [3.63, 3.8) is 0 Å². The number of carbonyl (C=O) groups excluding carboxylic acids is 1. The summed E-state index contributed by atoms with van der Waals surface area (Å²) in [6.45, 7) is 1.86. The Labute approximate surface area is 185 Å². The van der Waals surface area contributed by atoms with Gasteiger partial charge in [0, 0.05) is 30.8 Å². The number of hydrogen-bond acceptors (Lipinski definition) is 6. The lowest BCUT2D eigenvalue weighted by atomic mass is 9.97. The van der Waals surface area contributed by atoms with Crippen LogP contribution in [0.1, 0.15) is 30.5 Å². The van der Waals surface area contributed by atoms with E-state index in [1.807, 2.05) is 0 Å². The fourth-order valence-corrected chi connectivity index (χ4v) is 3.72. The van der Waals surface area contributed by atoms with E-state index in [0.717, 1.165) is 6.07 Å². The van der Waals surface area contributed by atoms with E-state index in [1.165, 1.54) is 31.3 Å². The van der Waals surface area contributed by atoms with Crippen LogP contribution >= 0.6 is 11.6 Å². The maximum atomic E-state index is 13.4. The summed E-state index contributed by atoms with van der Waals surface area (Å²) in [5.74, 6) is -0.895. The summed E-state index contributed by atoms with van der Waals surface area (Å²) in [6, 6.07) is 4.29. The summed E-state index contributed by atoms with van der Waals surface area (Å²) < 4.78 is 40.2. The van der Waals surface area contributed by atoms with E-state index in [-0.39, 0.29) is 34.8 Å². The second-order valence-electron chi connectivity index (χ2n) is 7.16. The van der Waals surface area contributed by atoms with Crippen molar-refractivity contribution in [1.82, 2.24) is 10.2 Å². The fourth-order valence-electron chi connectivity index (χ4n) is 3.51. The first-order valence-corrected chi connectivity index (χ1v) is 9.88. The maximum Gasteiger partial charge on any atom is 0.416 e. The normalized spacial score (nSPS) is 18.5. The van der Waals surface area contributed by atoms with E-state index in [2.05, 4.69) is 15.2 Å². The number of amides is 1. The van der Waals surface area contributed by atoms with Gasteiger partial charge >= 0.3 is 6.18 Å². The number of rotatable bonds is 4. The molecule has 1 amide bonds. The zero-order chi connectivity index (χ0) is 23.6. The van der Waals surface area contributed by atoms with Crippen molar-refractivity contribution >= 4 is 28.9 Å². The molecule has 3 rings (SSSR count). The number of aromatic nitrogens is 2. The molecule has 0 radical (unpaired) electrons. The number of anilines is 1. The number of halogens is 4. The molecule has 0 saturated carbocycles. The molecule has 1 aliphatic rings. The molecule has 1 fully saturated rings. The monoisotopic (exact) mass is 468 g/mol. The third kappa shape index (κ3) is 4.77. The molecule has 32 heavy (non-hydrogen) atoms. The van der Waals surface area contributed by atoms with Gasteiger partial charge in [-0.3, -0.25) is 14.6 Å². The van der Waals surface area contributed by atoms with Crippen LogP contribution in [0.3, 0.4) is 0 Å². The smallest absolute Gasteiger partial charge is 0.394 e. The third-order valence-corrected chi connectivity index (χ3v) is 5.46. The van der Waals surface area contributed by atoms with E-state index >= 15 is 0 Å². The van der Waals surface area contributed by atoms with E-state index in [0.29, 0.717) is 17.9 Å². The molecule has 1 saturated heterocycles. The van der Waals surface area contributed by atoms with Crippen molar-refractivity contribution in [2.45, 2.75) is 25.6 Å². The lowest BCUT2D eigenvalue weighted by Crippen LogP contribution is -2.40. The van der Waals surface area contributed by atoms with Crippen molar-refractivity contribution < 1.29 is 18.0 Å². The molecule has 1 atom stereocenters. The summed E-state index contributed by atoms with van der Waals surface area (Å²) in [6.07, 6.45) is -2.96. The van der Waals surface area contributed by atoms with Crippen LogP contribution in [0.2, 0.25) is 5.02 Å². The van der Waals surface area contributed by atoms with Crippen LogP contribution in [0.15, 0.2) is 51.5 Å². The lowest BCUT2D eigenvalue weighted by molar-refractivity contribution is -0.138. The second-order valence-corrected chi connectivity index (χ2v) is 7.54. The first-order chi connectivity index (χ1) is 15.0. The molecule has 0 bridgehead atoms. The molecule has 170 valence electrons. The minimum Gasteiger partial charge on any atom is -0.394 e. The quantitative estimate of drug-likeness (QED) is 0.593. The topological polar surface area (TPSA) is 130 Å². The number of aromatic amines is 1. The highest BCUT2D eigenvalue weighted by molar-refractivity contribution is 6.33. The van der Waals surface area contributed by atoms with E-state index < -0.39 is 29.2 Å². The predicted molar refractivity (Wildman–Crippen MR) is 114 cm³/mol. The van der Waals surface area contributed by atoms with Crippen LogP contribution in [0, 0.1) is 0 Å². The van der Waals surface area contributed by atoms with Gasteiger partial charge in [-0.25, -0.2) is 5.10 Å². The van der Waals surface area contributed by atoms with Gasteiger partial charge in [0.05, 0.1) is 23.5 Å². The average molecular weight is 469 g/mol. The van der Waals surface area contributed by atoms with Gasteiger partial charge in [0.15, 0.2) is 0 Å². The van der Waals surface area contributed by atoms with E-state index in [4.69, 9.17) is 23.1 Å². The van der Waals surface area contributed by atoms with Crippen molar-refractivity contribution in [1.29, 1.82) is 0 Å². The average Bonchev–Trinajstić information content (AvgIpc) is 2.75. The number of H-pyrrole nitrogens is 1. The predicted octanol–water partition coefficient (Wildman–Crippen LogP) is 2.55. The van der Waals surface area contributed by atoms with Crippen LogP contribution < -0.4 is 21.9 Å². The molecule has 0 aliphatic carbocycles. The van der Waals surface area contributed by atoms with Crippen LogP contribution in [0.5, 0.6) is 0 Å². The zero-order valence-electron chi connectivity index (χ0n) is 16.9. The summed E-state index contributed by atoms with van der Waals surface area (Å²) in [4.78, 5) is 29.7. The van der Waals surface area contributed by atoms with Gasteiger partial charge in [0.25, 0.3) is 11.5 Å². The molecule has 5 N–H and O–H groups in total. The Morgan fingerprint density at radius 3 is 2.66 bits per heavy atom. The highest BCUT2D eigenvalue weighted by atomic mass is 35.5. The highest BCUT2D eigenvalue weighted by Gasteiger charge is 2.34. The molecule has 1 aromatic carbocycles. The number of piperidine rings is 1. The van der Waals surface area contributed by atoms with Gasteiger partial charge < -0.3 is 16.4 Å². The molecular weight excluding hydrogens is 449 g/mol. The Hall–Kier alpha value is -3.34. The van der Waals surface area contributed by atoms with Crippen LogP contribution in [-0.2, 0) is 11.0 Å². The fraction of sp³-hybridized carbons (Fsp3) is 0.300. The third-order valence-electron chi connectivity index (χ3n) is 5.09. The van der Waals surface area contributed by atoms with Crippen molar-refractivity contribution in [3.8, 4) is 0 Å². The zero-order valence-corrected chi connectivity index (χ0v) is 17.7. The number of nitrogens with two attached hydrogens (primary N) is 2. The Balaban J connectivity index is 2.01. The molecule has 1 aromatic heterocycles. The Morgan fingerprint density at radius 1 is 1.31 bits per heavy atom. The highest BCUT2D eigenvalue weighted by Crippen LogP contribution is 2.36. The number of primary amides is 1. The van der Waals surface area contributed by atoms with Gasteiger partial charge in [-0.05, 0) is 18.6 Å². The van der Waals surface area contributed by atoms with Crippen LogP contribution in [-0.4, -0.2) is 34.9 Å². The number of carbonyl (C=O) groups is 1. The molecular formula is C20H20ClF3N6O2. The maximum absolute atomic E-state index is 13.4. The van der Waals surface area contributed by atoms with Crippen molar-refractivity contribution in [2.24, 2.45) is 16.5 Å². The largest absolute Gasteiger partial charge is 0.416 e. The van der Waals surface area contributed by atoms with Gasteiger partial charge in [0.2, 0.25) is 0 Å². The molecule has 1 aliphatic heterocycles. The Bertz CT molecular complexity index is 1160. The van der Waals surface area contributed by atoms with E-state index in [1.54, 1.807) is 4.90 Å². The minimum absolute atomic E-state index is 0.00577. The number of hydrogen-bond donors (Lipinski definition) is 3. The number of nitrogens with one attached hydrogen (secondary N) is 1. The van der Waals surface area contributed by atoms with E-state index in [9.17, 15) is 22.8 Å². The van der Waals surface area contributed by atoms with Crippen LogP contribution in [0.4, 0.5) is 18.9 Å². The summed E-state index contributed by atoms with van der Waals surface area (Å²) in [5.41, 5.74) is 10.5. The number of alkyl halides is 3. The van der Waals surface area contributed by atoms with Gasteiger partial charge in [-0.1, -0.05) is 29.8 Å². The summed E-state index contributed by atoms with van der Waals surface area (Å²) in [5, 5.41) is 5.84. The molecule has 0 unspecified atom stereocenters. The lowest BCUT2D eigenvalue weighted by Gasteiger charge is -2.32. The summed E-state index contributed by atoms with van der Waals surface area (Å²) in [7, 11) is 0. The number of aliphatic imine (C=N–C) groups is 1. The SMILES string of the molecule is C[C@H](N=C1CCN(c2cn[nH]c(=O)c2Cl)CC1=C(N)C(N)=O)c1ccccc1C(F)(F)F.